The van der Waals surface area contributed by atoms with Gasteiger partial charge in [-0.15, -0.1) is 0 Å². The van der Waals surface area contributed by atoms with Crippen LogP contribution in [0.15, 0.2) is 35.3 Å². The number of para-hydroxylation sites is 1. The van der Waals surface area contributed by atoms with E-state index in [1.54, 1.807) is 6.92 Å². The number of hydrogen-bond donors (Lipinski definition) is 0. The third-order valence-corrected chi connectivity index (χ3v) is 6.42. The van der Waals surface area contributed by atoms with E-state index in [9.17, 15) is 10.1 Å². The van der Waals surface area contributed by atoms with Gasteiger partial charge in [0.25, 0.3) is 4.87 Å². The topological polar surface area (TPSA) is 68.0 Å². The summed E-state index contributed by atoms with van der Waals surface area (Å²) in [5, 5.41) is 12.8. The molecule has 6 nitrogen and oxygen atoms in total. The number of aliphatic imine (C=N–C) groups is 1. The second kappa shape index (κ2) is 6.96. The van der Waals surface area contributed by atoms with E-state index in [4.69, 9.17) is 9.73 Å². The highest BCUT2D eigenvalue weighted by Gasteiger charge is 2.69. The fourth-order valence-corrected chi connectivity index (χ4v) is 5.04. The molecule has 2 aliphatic rings. The third kappa shape index (κ3) is 3.15. The molecule has 0 aromatic heterocycles. The van der Waals surface area contributed by atoms with Crippen molar-refractivity contribution in [3.8, 4) is 0 Å². The lowest BCUT2D eigenvalue weighted by Crippen LogP contribution is -2.64. The molecule has 2 atom stereocenters. The summed E-state index contributed by atoms with van der Waals surface area (Å²) in [4.78, 5) is 17.7. The van der Waals surface area contributed by atoms with Crippen LogP contribution in [-0.2, 0) is 4.74 Å². The van der Waals surface area contributed by atoms with E-state index in [-0.39, 0.29) is 4.92 Å². The van der Waals surface area contributed by atoms with E-state index in [0.29, 0.717) is 19.1 Å². The lowest BCUT2D eigenvalue weighted by molar-refractivity contribution is -0.551. The van der Waals surface area contributed by atoms with Gasteiger partial charge in [0.15, 0.2) is 5.17 Å². The molecule has 1 aromatic carbocycles. The van der Waals surface area contributed by atoms with Crippen LogP contribution >= 0.6 is 11.8 Å². The standard InChI is InChI=1S/C18H25N3O3S/c1-14(2)12-20-16(19-15-8-5-4-6-9-15)25-17(3,21(22)23)18(20)10-7-11-24-13-18/h4-6,8-9,14H,7,10-13H2,1-3H3. The Balaban J connectivity index is 2.09. The van der Waals surface area contributed by atoms with E-state index < -0.39 is 10.4 Å². The summed E-state index contributed by atoms with van der Waals surface area (Å²) in [5.74, 6) is 0.370. The molecule has 2 unspecified atom stereocenters. The molecule has 0 bridgehead atoms. The monoisotopic (exact) mass is 363 g/mol. The minimum absolute atomic E-state index is 0.146. The van der Waals surface area contributed by atoms with Gasteiger partial charge in [0.05, 0.1) is 12.3 Å². The Bertz CT molecular complexity index is 659. The summed E-state index contributed by atoms with van der Waals surface area (Å²) in [6.07, 6.45) is 1.58. The zero-order valence-corrected chi connectivity index (χ0v) is 15.8. The zero-order chi connectivity index (χ0) is 18.1. The van der Waals surface area contributed by atoms with Crippen LogP contribution in [0.4, 0.5) is 5.69 Å². The Labute approximate surface area is 152 Å². The van der Waals surface area contributed by atoms with Gasteiger partial charge >= 0.3 is 0 Å². The number of amidine groups is 1. The molecule has 0 amide bonds. The van der Waals surface area contributed by atoms with E-state index in [2.05, 4.69) is 18.7 Å². The first-order valence-electron chi connectivity index (χ1n) is 8.72. The first-order chi connectivity index (χ1) is 11.9. The van der Waals surface area contributed by atoms with Crippen LogP contribution in [0.5, 0.6) is 0 Å². The average molecular weight is 363 g/mol. The van der Waals surface area contributed by atoms with Crippen molar-refractivity contribution >= 4 is 22.6 Å². The maximum Gasteiger partial charge on any atom is 0.296 e. The van der Waals surface area contributed by atoms with E-state index in [1.807, 2.05) is 30.3 Å². The van der Waals surface area contributed by atoms with Crippen molar-refractivity contribution in [3.05, 3.63) is 40.4 Å². The second-order valence-corrected chi connectivity index (χ2v) is 8.63. The van der Waals surface area contributed by atoms with E-state index >= 15 is 0 Å². The number of benzene rings is 1. The number of rotatable bonds is 4. The quantitative estimate of drug-likeness (QED) is 0.599. The summed E-state index contributed by atoms with van der Waals surface area (Å²) in [7, 11) is 0. The Kier molecular flexibility index (Phi) is 5.06. The fourth-order valence-electron chi connectivity index (χ4n) is 3.64. The third-order valence-electron chi connectivity index (χ3n) is 5.00. The average Bonchev–Trinajstić information content (AvgIpc) is 2.80. The molecule has 2 saturated heterocycles. The molecule has 1 spiro atoms. The predicted octanol–water partition coefficient (Wildman–Crippen LogP) is 3.92. The van der Waals surface area contributed by atoms with Gasteiger partial charge in [-0.3, -0.25) is 10.1 Å². The number of thioether (sulfide) groups is 1. The van der Waals surface area contributed by atoms with Gasteiger partial charge in [-0.1, -0.05) is 32.0 Å². The molecule has 0 aliphatic carbocycles. The van der Waals surface area contributed by atoms with Crippen LogP contribution in [0.3, 0.4) is 0 Å². The highest BCUT2D eigenvalue weighted by Crippen LogP contribution is 2.53. The van der Waals surface area contributed by atoms with Gasteiger partial charge in [-0.25, -0.2) is 4.99 Å². The molecule has 1 aromatic rings. The van der Waals surface area contributed by atoms with Crippen molar-refractivity contribution in [1.29, 1.82) is 0 Å². The Morgan fingerprint density at radius 2 is 2.12 bits per heavy atom. The smallest absolute Gasteiger partial charge is 0.296 e. The summed E-state index contributed by atoms with van der Waals surface area (Å²) in [6.45, 7) is 7.76. The van der Waals surface area contributed by atoms with Crippen molar-refractivity contribution in [2.45, 2.75) is 44.0 Å². The molecule has 7 heteroatoms. The van der Waals surface area contributed by atoms with E-state index in [0.717, 1.165) is 30.2 Å². The predicted molar refractivity (Wildman–Crippen MR) is 101 cm³/mol. The van der Waals surface area contributed by atoms with Crippen molar-refractivity contribution in [3.63, 3.8) is 0 Å². The van der Waals surface area contributed by atoms with Crippen molar-refractivity contribution in [2.75, 3.05) is 19.8 Å². The number of hydrogen-bond acceptors (Lipinski definition) is 5. The van der Waals surface area contributed by atoms with Gasteiger partial charge in [-0.05, 0) is 42.7 Å². The lowest BCUT2D eigenvalue weighted by Gasteiger charge is -2.45. The van der Waals surface area contributed by atoms with Crippen molar-refractivity contribution in [1.82, 2.24) is 4.90 Å². The van der Waals surface area contributed by atoms with Crippen LogP contribution in [0, 0.1) is 16.0 Å². The van der Waals surface area contributed by atoms with Crippen LogP contribution in [0.25, 0.3) is 0 Å². The zero-order valence-electron chi connectivity index (χ0n) is 15.0. The van der Waals surface area contributed by atoms with Gasteiger partial charge < -0.3 is 9.64 Å². The molecule has 2 fully saturated rings. The maximum absolute atomic E-state index is 12.1. The summed E-state index contributed by atoms with van der Waals surface area (Å²) >= 11 is 1.27. The molecule has 3 rings (SSSR count). The first kappa shape index (κ1) is 18.2. The summed E-state index contributed by atoms with van der Waals surface area (Å²) in [5.41, 5.74) is 0.162. The molecule has 25 heavy (non-hydrogen) atoms. The fraction of sp³-hybridized carbons (Fsp3) is 0.611. The normalized spacial score (nSPS) is 31.2. The summed E-state index contributed by atoms with van der Waals surface area (Å²) < 4.78 is 5.75. The summed E-state index contributed by atoms with van der Waals surface area (Å²) in [6, 6.07) is 9.64. The number of nitrogens with zero attached hydrogens (tertiary/aromatic N) is 3. The highest BCUT2D eigenvalue weighted by atomic mass is 32.2. The molecular formula is C18H25N3O3S. The van der Waals surface area contributed by atoms with Crippen LogP contribution in [0.1, 0.15) is 33.6 Å². The Morgan fingerprint density at radius 1 is 1.40 bits per heavy atom. The van der Waals surface area contributed by atoms with Gasteiger partial charge in [0.1, 0.15) is 5.54 Å². The van der Waals surface area contributed by atoms with Crippen LogP contribution < -0.4 is 0 Å². The van der Waals surface area contributed by atoms with Gasteiger partial charge in [0.2, 0.25) is 0 Å². The SMILES string of the molecule is CC(C)CN1C(=Nc2ccccc2)SC(C)([N+](=O)[O-])C12CCCOC2. The lowest BCUT2D eigenvalue weighted by atomic mass is 9.83. The number of ether oxygens (including phenoxy) is 1. The minimum atomic E-state index is -1.17. The number of nitro groups is 1. The minimum Gasteiger partial charge on any atom is -0.379 e. The second-order valence-electron chi connectivity index (χ2n) is 7.26. The molecule has 136 valence electrons. The van der Waals surface area contributed by atoms with Crippen LogP contribution in [-0.4, -0.2) is 45.2 Å². The Hall–Kier alpha value is -1.60. The van der Waals surface area contributed by atoms with Crippen molar-refractivity contribution in [2.24, 2.45) is 10.9 Å². The molecule has 0 N–H and O–H groups in total. The molecule has 2 heterocycles. The van der Waals surface area contributed by atoms with Crippen molar-refractivity contribution < 1.29 is 9.66 Å². The van der Waals surface area contributed by atoms with Gasteiger partial charge in [0, 0.05) is 25.0 Å². The van der Waals surface area contributed by atoms with Crippen LogP contribution in [0.2, 0.25) is 0 Å². The molecular weight excluding hydrogens is 338 g/mol. The Morgan fingerprint density at radius 3 is 2.68 bits per heavy atom. The molecule has 0 radical (unpaired) electrons. The van der Waals surface area contributed by atoms with Gasteiger partial charge in [-0.2, -0.15) is 0 Å². The molecule has 0 saturated carbocycles. The maximum atomic E-state index is 12.1. The largest absolute Gasteiger partial charge is 0.379 e. The molecule has 2 aliphatic heterocycles. The highest BCUT2D eigenvalue weighted by molar-refractivity contribution is 8.15. The first-order valence-corrected chi connectivity index (χ1v) is 9.53. The van der Waals surface area contributed by atoms with E-state index in [1.165, 1.54) is 11.8 Å².